The lowest BCUT2D eigenvalue weighted by molar-refractivity contribution is 0.102. The van der Waals surface area contributed by atoms with Crippen LogP contribution in [0.5, 0.6) is 11.5 Å². The van der Waals surface area contributed by atoms with E-state index in [1.807, 2.05) is 19.1 Å². The number of hydrogen-bond donors (Lipinski definition) is 1. The topological polar surface area (TPSA) is 50.8 Å². The van der Waals surface area contributed by atoms with Crippen molar-refractivity contribution in [2.45, 2.75) is 20.3 Å². The molecule has 0 spiro atoms. The Labute approximate surface area is 168 Å². The molecule has 144 valence electrons. The van der Waals surface area contributed by atoms with E-state index in [1.165, 1.54) is 12.1 Å². The van der Waals surface area contributed by atoms with Gasteiger partial charge < -0.3 is 19.7 Å². The minimum atomic E-state index is -0.195. The Kier molecular flexibility index (Phi) is 6.26. The maximum absolute atomic E-state index is 12.6. The first-order chi connectivity index (χ1) is 13.0. The normalized spacial score (nSPS) is 16.3. The molecule has 2 aromatic rings. The van der Waals surface area contributed by atoms with Crippen LogP contribution < -0.4 is 19.7 Å². The Balaban J connectivity index is 1.72. The molecule has 0 bridgehead atoms. The number of anilines is 2. The molecule has 1 heterocycles. The number of carbonyl (C=O) groups is 1. The third-order valence-electron chi connectivity index (χ3n) is 4.69. The summed E-state index contributed by atoms with van der Waals surface area (Å²) in [5.74, 6) is 1.66. The van der Waals surface area contributed by atoms with Crippen molar-refractivity contribution in [1.82, 2.24) is 0 Å². The average molecular weight is 433 g/mol. The number of benzene rings is 2. The molecule has 5 nitrogen and oxygen atoms in total. The molecule has 2 aromatic carbocycles. The van der Waals surface area contributed by atoms with Crippen LogP contribution in [-0.4, -0.2) is 32.7 Å². The molecule has 0 aliphatic carbocycles. The lowest BCUT2D eigenvalue weighted by Crippen LogP contribution is -2.19. The zero-order valence-electron chi connectivity index (χ0n) is 15.9. The molecule has 0 aromatic heterocycles. The predicted molar refractivity (Wildman–Crippen MR) is 112 cm³/mol. The minimum Gasteiger partial charge on any atom is -0.493 e. The Morgan fingerprint density at radius 1 is 1.30 bits per heavy atom. The first-order valence-electron chi connectivity index (χ1n) is 9.18. The smallest absolute Gasteiger partial charge is 0.255 e. The molecule has 1 unspecified atom stereocenters. The summed E-state index contributed by atoms with van der Waals surface area (Å²) in [6, 6.07) is 11.4. The summed E-state index contributed by atoms with van der Waals surface area (Å²) in [6.07, 6.45) is 1.23. The molecule has 1 fully saturated rings. The SMILES string of the molecule is CCOc1c(Br)cc(C(=O)Nc2ccc(N3CCC(C)C3)cc2)cc1OC. The van der Waals surface area contributed by atoms with Crippen molar-refractivity contribution in [1.29, 1.82) is 0 Å². The number of carbonyl (C=O) groups excluding carboxylic acids is 1. The van der Waals surface area contributed by atoms with Gasteiger partial charge >= 0.3 is 0 Å². The summed E-state index contributed by atoms with van der Waals surface area (Å²) in [6.45, 7) is 6.87. The zero-order chi connectivity index (χ0) is 19.4. The third kappa shape index (κ3) is 4.56. The summed E-state index contributed by atoms with van der Waals surface area (Å²) in [5.41, 5.74) is 2.46. The van der Waals surface area contributed by atoms with Gasteiger partial charge in [-0.1, -0.05) is 6.92 Å². The van der Waals surface area contributed by atoms with Gasteiger partial charge in [0, 0.05) is 30.0 Å². The number of nitrogens with one attached hydrogen (secondary N) is 1. The highest BCUT2D eigenvalue weighted by atomic mass is 79.9. The van der Waals surface area contributed by atoms with Crippen LogP contribution in [0.4, 0.5) is 11.4 Å². The fourth-order valence-electron chi connectivity index (χ4n) is 3.26. The van der Waals surface area contributed by atoms with E-state index in [2.05, 4.69) is 45.2 Å². The van der Waals surface area contributed by atoms with Gasteiger partial charge in [0.1, 0.15) is 0 Å². The fraction of sp³-hybridized carbons (Fsp3) is 0.381. The summed E-state index contributed by atoms with van der Waals surface area (Å²) < 4.78 is 11.6. The van der Waals surface area contributed by atoms with Crippen molar-refractivity contribution < 1.29 is 14.3 Å². The van der Waals surface area contributed by atoms with Crippen molar-refractivity contribution in [3.63, 3.8) is 0 Å². The Hall–Kier alpha value is -2.21. The van der Waals surface area contributed by atoms with Gasteiger partial charge in [-0.2, -0.15) is 0 Å². The number of methoxy groups -OCH3 is 1. The highest BCUT2D eigenvalue weighted by Crippen LogP contribution is 2.37. The summed E-state index contributed by atoms with van der Waals surface area (Å²) >= 11 is 3.46. The van der Waals surface area contributed by atoms with Crippen LogP contribution in [0.15, 0.2) is 40.9 Å². The van der Waals surface area contributed by atoms with Crippen molar-refractivity contribution in [2.75, 3.05) is 37.0 Å². The molecule has 1 N–H and O–H groups in total. The van der Waals surface area contributed by atoms with E-state index in [9.17, 15) is 4.79 Å². The van der Waals surface area contributed by atoms with Gasteiger partial charge in [-0.25, -0.2) is 0 Å². The molecular formula is C21H25BrN2O3. The lowest BCUT2D eigenvalue weighted by Gasteiger charge is -2.18. The molecule has 6 heteroatoms. The molecule has 1 aliphatic heterocycles. The van der Waals surface area contributed by atoms with Gasteiger partial charge in [0.2, 0.25) is 0 Å². The van der Waals surface area contributed by atoms with E-state index in [1.54, 1.807) is 19.2 Å². The van der Waals surface area contributed by atoms with Gasteiger partial charge in [-0.3, -0.25) is 4.79 Å². The second kappa shape index (κ2) is 8.65. The lowest BCUT2D eigenvalue weighted by atomic mass is 10.1. The third-order valence-corrected chi connectivity index (χ3v) is 5.28. The van der Waals surface area contributed by atoms with Crippen molar-refractivity contribution in [3.8, 4) is 11.5 Å². The first kappa shape index (κ1) is 19.5. The van der Waals surface area contributed by atoms with Crippen molar-refractivity contribution >= 4 is 33.2 Å². The van der Waals surface area contributed by atoms with Gasteiger partial charge in [-0.05, 0) is 71.6 Å². The number of halogens is 1. The molecule has 3 rings (SSSR count). The average Bonchev–Trinajstić information content (AvgIpc) is 3.10. The number of hydrogen-bond acceptors (Lipinski definition) is 4. The van der Waals surface area contributed by atoms with E-state index >= 15 is 0 Å². The van der Waals surface area contributed by atoms with Crippen LogP contribution in [-0.2, 0) is 0 Å². The molecule has 1 saturated heterocycles. The number of rotatable bonds is 6. The molecule has 1 aliphatic rings. The molecular weight excluding hydrogens is 408 g/mol. The Morgan fingerprint density at radius 2 is 2.04 bits per heavy atom. The molecule has 0 saturated carbocycles. The molecule has 1 amide bonds. The number of amides is 1. The summed E-state index contributed by atoms with van der Waals surface area (Å²) in [4.78, 5) is 15.0. The summed E-state index contributed by atoms with van der Waals surface area (Å²) in [7, 11) is 1.56. The predicted octanol–water partition coefficient (Wildman–Crippen LogP) is 4.95. The van der Waals surface area contributed by atoms with E-state index in [0.29, 0.717) is 28.1 Å². The van der Waals surface area contributed by atoms with Gasteiger partial charge in [0.25, 0.3) is 5.91 Å². The van der Waals surface area contributed by atoms with Crippen LogP contribution in [0.25, 0.3) is 0 Å². The van der Waals surface area contributed by atoms with Crippen LogP contribution >= 0.6 is 15.9 Å². The largest absolute Gasteiger partial charge is 0.493 e. The van der Waals surface area contributed by atoms with Crippen LogP contribution in [0.1, 0.15) is 30.6 Å². The first-order valence-corrected chi connectivity index (χ1v) is 9.97. The maximum Gasteiger partial charge on any atom is 0.255 e. The van der Waals surface area contributed by atoms with Crippen molar-refractivity contribution in [3.05, 3.63) is 46.4 Å². The van der Waals surface area contributed by atoms with E-state index < -0.39 is 0 Å². The fourth-order valence-corrected chi connectivity index (χ4v) is 3.82. The zero-order valence-corrected chi connectivity index (χ0v) is 17.5. The Bertz CT molecular complexity index is 808. The van der Waals surface area contributed by atoms with Crippen molar-refractivity contribution in [2.24, 2.45) is 5.92 Å². The summed E-state index contributed by atoms with van der Waals surface area (Å²) in [5, 5.41) is 2.94. The maximum atomic E-state index is 12.6. The second-order valence-electron chi connectivity index (χ2n) is 6.76. The van der Waals surface area contributed by atoms with Gasteiger partial charge in [0.15, 0.2) is 11.5 Å². The van der Waals surface area contributed by atoms with Crippen LogP contribution in [0.3, 0.4) is 0 Å². The highest BCUT2D eigenvalue weighted by molar-refractivity contribution is 9.10. The standard InChI is InChI=1S/C21H25BrN2O3/c1-4-27-20-18(22)11-15(12-19(20)26-3)21(25)23-16-5-7-17(8-6-16)24-10-9-14(2)13-24/h5-8,11-12,14H,4,9-10,13H2,1-3H3,(H,23,25). The van der Waals surface area contributed by atoms with Crippen LogP contribution in [0.2, 0.25) is 0 Å². The number of nitrogens with zero attached hydrogens (tertiary/aromatic N) is 1. The second-order valence-corrected chi connectivity index (χ2v) is 7.62. The van der Waals surface area contributed by atoms with E-state index in [4.69, 9.17) is 9.47 Å². The van der Waals surface area contributed by atoms with Gasteiger partial charge in [-0.15, -0.1) is 0 Å². The highest BCUT2D eigenvalue weighted by Gasteiger charge is 2.19. The van der Waals surface area contributed by atoms with E-state index in [0.717, 1.165) is 24.7 Å². The monoisotopic (exact) mass is 432 g/mol. The van der Waals surface area contributed by atoms with Crippen LogP contribution in [0, 0.1) is 5.92 Å². The minimum absolute atomic E-state index is 0.195. The van der Waals surface area contributed by atoms with Gasteiger partial charge in [0.05, 0.1) is 18.2 Å². The Morgan fingerprint density at radius 3 is 2.63 bits per heavy atom. The molecule has 0 radical (unpaired) electrons. The molecule has 1 atom stereocenters. The van der Waals surface area contributed by atoms with E-state index in [-0.39, 0.29) is 5.91 Å². The number of ether oxygens (including phenoxy) is 2. The molecule has 27 heavy (non-hydrogen) atoms. The quantitative estimate of drug-likeness (QED) is 0.700.